The number of thioether (sulfide) groups is 1. The van der Waals surface area contributed by atoms with Crippen molar-refractivity contribution in [3.63, 3.8) is 0 Å². The third-order valence-corrected chi connectivity index (χ3v) is 6.50. The van der Waals surface area contributed by atoms with Crippen molar-refractivity contribution in [3.05, 3.63) is 88.0 Å². The highest BCUT2D eigenvalue weighted by Gasteiger charge is 2.33. The van der Waals surface area contributed by atoms with E-state index in [1.165, 1.54) is 29.2 Å². The summed E-state index contributed by atoms with van der Waals surface area (Å²) in [7, 11) is 0. The van der Waals surface area contributed by atoms with Gasteiger partial charge in [-0.05, 0) is 67.1 Å². The molecule has 184 valence electrons. The van der Waals surface area contributed by atoms with Gasteiger partial charge in [0, 0.05) is 5.69 Å². The van der Waals surface area contributed by atoms with Crippen molar-refractivity contribution >= 4 is 69.2 Å². The standard InChI is InChI=1S/C26H20ClFN2O4S2/c1-2-33-21-13-16(12-20(27)24(21)34-15-23(31)29-18-6-4-3-5-7-18)14-22-25(32)30(26(35)36-22)19-10-8-17(28)9-11-19/h3-14H,2,15H2,1H3,(H,29,31)/b22-14-. The predicted molar refractivity (Wildman–Crippen MR) is 145 cm³/mol. The first-order valence-electron chi connectivity index (χ1n) is 10.8. The molecule has 0 aliphatic carbocycles. The van der Waals surface area contributed by atoms with Crippen LogP contribution in [0.3, 0.4) is 0 Å². The van der Waals surface area contributed by atoms with Gasteiger partial charge in [-0.2, -0.15) is 0 Å². The third kappa shape index (κ3) is 6.04. The van der Waals surface area contributed by atoms with Crippen LogP contribution in [-0.2, 0) is 9.59 Å². The van der Waals surface area contributed by atoms with Gasteiger partial charge < -0.3 is 14.8 Å². The van der Waals surface area contributed by atoms with E-state index in [0.29, 0.717) is 38.5 Å². The topological polar surface area (TPSA) is 67.9 Å². The largest absolute Gasteiger partial charge is 0.490 e. The number of para-hydroxylation sites is 1. The Bertz CT molecular complexity index is 1330. The summed E-state index contributed by atoms with van der Waals surface area (Å²) in [5.74, 6) is -0.537. The second-order valence-electron chi connectivity index (χ2n) is 7.46. The fourth-order valence-electron chi connectivity index (χ4n) is 3.36. The maximum absolute atomic E-state index is 13.3. The van der Waals surface area contributed by atoms with Gasteiger partial charge in [0.2, 0.25) is 0 Å². The summed E-state index contributed by atoms with van der Waals surface area (Å²) in [5, 5.41) is 2.95. The minimum absolute atomic E-state index is 0.216. The van der Waals surface area contributed by atoms with E-state index in [9.17, 15) is 14.0 Å². The van der Waals surface area contributed by atoms with Crippen molar-refractivity contribution in [1.29, 1.82) is 0 Å². The van der Waals surface area contributed by atoms with Gasteiger partial charge in [0.05, 0.1) is 22.2 Å². The number of carbonyl (C=O) groups excluding carboxylic acids is 2. The van der Waals surface area contributed by atoms with Gasteiger partial charge in [0.15, 0.2) is 22.4 Å². The van der Waals surface area contributed by atoms with Crippen LogP contribution in [0.4, 0.5) is 15.8 Å². The van der Waals surface area contributed by atoms with E-state index in [4.69, 9.17) is 33.3 Å². The van der Waals surface area contributed by atoms with Crippen molar-refractivity contribution in [2.24, 2.45) is 0 Å². The maximum Gasteiger partial charge on any atom is 0.270 e. The van der Waals surface area contributed by atoms with E-state index < -0.39 is 5.82 Å². The monoisotopic (exact) mass is 542 g/mol. The van der Waals surface area contributed by atoms with E-state index in [1.54, 1.807) is 37.3 Å². The number of benzene rings is 3. The lowest BCUT2D eigenvalue weighted by molar-refractivity contribution is -0.118. The molecular weight excluding hydrogens is 523 g/mol. The van der Waals surface area contributed by atoms with Crippen LogP contribution in [-0.4, -0.2) is 29.3 Å². The van der Waals surface area contributed by atoms with E-state index in [-0.39, 0.29) is 29.2 Å². The Labute approximate surface area is 222 Å². The molecule has 1 aliphatic rings. The molecule has 0 spiro atoms. The lowest BCUT2D eigenvalue weighted by Crippen LogP contribution is -2.27. The van der Waals surface area contributed by atoms with Crippen LogP contribution in [0.15, 0.2) is 71.6 Å². The number of carbonyl (C=O) groups is 2. The molecule has 10 heteroatoms. The second-order valence-corrected chi connectivity index (χ2v) is 9.54. The van der Waals surface area contributed by atoms with Crippen LogP contribution in [0.5, 0.6) is 11.5 Å². The fraction of sp³-hybridized carbons (Fsp3) is 0.115. The van der Waals surface area contributed by atoms with Crippen LogP contribution < -0.4 is 19.7 Å². The molecule has 3 aromatic rings. The summed E-state index contributed by atoms with van der Waals surface area (Å²) in [6.07, 6.45) is 1.64. The van der Waals surface area contributed by atoms with Crippen molar-refractivity contribution in [2.75, 3.05) is 23.4 Å². The van der Waals surface area contributed by atoms with Crippen molar-refractivity contribution in [1.82, 2.24) is 0 Å². The molecule has 3 aromatic carbocycles. The fourth-order valence-corrected chi connectivity index (χ4v) is 4.94. The summed E-state index contributed by atoms with van der Waals surface area (Å²) in [6, 6.07) is 17.8. The number of hydrogen-bond acceptors (Lipinski definition) is 6. The van der Waals surface area contributed by atoms with Gasteiger partial charge in [0.25, 0.3) is 11.8 Å². The lowest BCUT2D eigenvalue weighted by Gasteiger charge is -2.15. The zero-order valence-electron chi connectivity index (χ0n) is 19.0. The Balaban J connectivity index is 1.53. The van der Waals surface area contributed by atoms with E-state index in [0.717, 1.165) is 11.8 Å². The summed E-state index contributed by atoms with van der Waals surface area (Å²) in [5.41, 5.74) is 1.72. The predicted octanol–water partition coefficient (Wildman–Crippen LogP) is 6.30. The number of nitrogens with zero attached hydrogens (tertiary/aromatic N) is 1. The van der Waals surface area contributed by atoms with E-state index in [1.807, 2.05) is 18.2 Å². The number of hydrogen-bond donors (Lipinski definition) is 1. The Hall–Kier alpha value is -3.40. The van der Waals surface area contributed by atoms with Gasteiger partial charge in [-0.15, -0.1) is 0 Å². The molecule has 0 unspecified atom stereocenters. The molecule has 1 saturated heterocycles. The number of anilines is 2. The molecule has 0 bridgehead atoms. The Morgan fingerprint density at radius 3 is 2.56 bits per heavy atom. The summed E-state index contributed by atoms with van der Waals surface area (Å²) < 4.78 is 25.0. The van der Waals surface area contributed by atoms with Gasteiger partial charge in [0.1, 0.15) is 5.82 Å². The molecule has 0 saturated carbocycles. The average Bonchev–Trinajstić information content (AvgIpc) is 3.12. The summed E-state index contributed by atoms with van der Waals surface area (Å²) in [6.45, 7) is 1.86. The van der Waals surface area contributed by atoms with Crippen molar-refractivity contribution in [3.8, 4) is 11.5 Å². The van der Waals surface area contributed by atoms with Crippen LogP contribution >= 0.6 is 35.6 Å². The first kappa shape index (κ1) is 25.7. The molecule has 1 N–H and O–H groups in total. The smallest absolute Gasteiger partial charge is 0.270 e. The zero-order valence-corrected chi connectivity index (χ0v) is 21.4. The lowest BCUT2D eigenvalue weighted by atomic mass is 10.1. The Morgan fingerprint density at radius 2 is 1.86 bits per heavy atom. The van der Waals surface area contributed by atoms with Crippen LogP contribution in [0, 0.1) is 5.82 Å². The van der Waals surface area contributed by atoms with E-state index >= 15 is 0 Å². The van der Waals surface area contributed by atoms with Gasteiger partial charge >= 0.3 is 0 Å². The molecule has 0 atom stereocenters. The Morgan fingerprint density at radius 1 is 1.14 bits per heavy atom. The maximum atomic E-state index is 13.3. The first-order chi connectivity index (χ1) is 17.4. The minimum Gasteiger partial charge on any atom is -0.490 e. The molecule has 4 rings (SSSR count). The van der Waals surface area contributed by atoms with Crippen molar-refractivity contribution in [2.45, 2.75) is 6.92 Å². The number of thiocarbonyl (C=S) groups is 1. The molecule has 36 heavy (non-hydrogen) atoms. The number of rotatable bonds is 8. The molecular formula is C26H20ClFN2O4S2. The normalized spacial score (nSPS) is 14.3. The summed E-state index contributed by atoms with van der Waals surface area (Å²) in [4.78, 5) is 27.0. The van der Waals surface area contributed by atoms with Crippen LogP contribution in [0.1, 0.15) is 12.5 Å². The quantitative estimate of drug-likeness (QED) is 0.266. The molecule has 1 aliphatic heterocycles. The molecule has 6 nitrogen and oxygen atoms in total. The molecule has 0 aromatic heterocycles. The van der Waals surface area contributed by atoms with Gasteiger partial charge in [-0.25, -0.2) is 4.39 Å². The second kappa shape index (κ2) is 11.6. The third-order valence-electron chi connectivity index (χ3n) is 4.91. The highest BCUT2D eigenvalue weighted by molar-refractivity contribution is 8.27. The first-order valence-corrected chi connectivity index (χ1v) is 12.4. The number of halogens is 2. The molecule has 1 heterocycles. The number of amides is 2. The molecule has 0 radical (unpaired) electrons. The van der Waals surface area contributed by atoms with Crippen molar-refractivity contribution < 1.29 is 23.5 Å². The minimum atomic E-state index is -0.405. The zero-order chi connectivity index (χ0) is 25.7. The Kier molecular flexibility index (Phi) is 8.25. The highest BCUT2D eigenvalue weighted by Crippen LogP contribution is 2.40. The van der Waals surface area contributed by atoms with Crippen LogP contribution in [0.25, 0.3) is 6.08 Å². The molecule has 1 fully saturated rings. The molecule has 2 amide bonds. The number of nitrogens with one attached hydrogen (secondary N) is 1. The van der Waals surface area contributed by atoms with Gasteiger partial charge in [-0.3, -0.25) is 14.5 Å². The van der Waals surface area contributed by atoms with Gasteiger partial charge in [-0.1, -0.05) is 53.8 Å². The highest BCUT2D eigenvalue weighted by atomic mass is 35.5. The SMILES string of the molecule is CCOc1cc(/C=C2\SC(=S)N(c3ccc(F)cc3)C2=O)cc(Cl)c1OCC(=O)Nc1ccccc1. The van der Waals surface area contributed by atoms with E-state index in [2.05, 4.69) is 5.32 Å². The average molecular weight is 543 g/mol. The van der Waals surface area contributed by atoms with Crippen LogP contribution in [0.2, 0.25) is 5.02 Å². The number of ether oxygens (including phenoxy) is 2. The summed E-state index contributed by atoms with van der Waals surface area (Å²) >= 11 is 13.0.